The van der Waals surface area contributed by atoms with E-state index in [-0.39, 0.29) is 24.4 Å². The van der Waals surface area contributed by atoms with Crippen LogP contribution in [0.25, 0.3) is 0 Å². The van der Waals surface area contributed by atoms with Crippen molar-refractivity contribution in [3.63, 3.8) is 0 Å². The van der Waals surface area contributed by atoms with E-state index < -0.39 is 6.04 Å². The molecule has 1 fully saturated rings. The first kappa shape index (κ1) is 27.9. The Labute approximate surface area is 224 Å². The molecular formula is C28H36Cl2N2O2S. The summed E-state index contributed by atoms with van der Waals surface area (Å²) in [5, 5.41) is 4.26. The topological polar surface area (TPSA) is 49.4 Å². The molecule has 35 heavy (non-hydrogen) atoms. The van der Waals surface area contributed by atoms with Gasteiger partial charge < -0.3 is 10.2 Å². The molecule has 0 saturated heterocycles. The summed E-state index contributed by atoms with van der Waals surface area (Å²) in [4.78, 5) is 28.5. The summed E-state index contributed by atoms with van der Waals surface area (Å²) in [7, 11) is 0. The molecule has 0 bridgehead atoms. The lowest BCUT2D eigenvalue weighted by atomic mass is 9.95. The molecule has 1 aliphatic carbocycles. The minimum atomic E-state index is -0.544. The summed E-state index contributed by atoms with van der Waals surface area (Å²) < 4.78 is 0. The van der Waals surface area contributed by atoms with Crippen molar-refractivity contribution < 1.29 is 9.59 Å². The molecule has 1 atom stereocenters. The molecule has 0 aromatic heterocycles. The van der Waals surface area contributed by atoms with Gasteiger partial charge in [0.2, 0.25) is 11.8 Å². The predicted molar refractivity (Wildman–Crippen MR) is 148 cm³/mol. The van der Waals surface area contributed by atoms with Crippen LogP contribution in [0.5, 0.6) is 0 Å². The minimum absolute atomic E-state index is 0.0592. The Morgan fingerprint density at radius 3 is 2.37 bits per heavy atom. The first-order valence-electron chi connectivity index (χ1n) is 12.5. The minimum Gasteiger partial charge on any atom is -0.352 e. The molecule has 7 heteroatoms. The first-order chi connectivity index (χ1) is 16.8. The van der Waals surface area contributed by atoms with Gasteiger partial charge in [-0.05, 0) is 56.4 Å². The number of thioether (sulfide) groups is 1. The summed E-state index contributed by atoms with van der Waals surface area (Å²) in [6, 6.07) is 11.4. The largest absolute Gasteiger partial charge is 0.352 e. The highest BCUT2D eigenvalue weighted by molar-refractivity contribution is 7.99. The molecule has 2 aromatic rings. The van der Waals surface area contributed by atoms with Gasteiger partial charge in [-0.1, -0.05) is 84.8 Å². The molecular weight excluding hydrogens is 499 g/mol. The fourth-order valence-electron chi connectivity index (χ4n) is 4.79. The molecule has 3 rings (SSSR count). The van der Waals surface area contributed by atoms with Crippen molar-refractivity contribution in [1.29, 1.82) is 0 Å². The monoisotopic (exact) mass is 534 g/mol. The van der Waals surface area contributed by atoms with Crippen LogP contribution in [0.4, 0.5) is 0 Å². The average molecular weight is 536 g/mol. The van der Waals surface area contributed by atoms with Crippen LogP contribution < -0.4 is 5.32 Å². The standard InChI is InChI=1S/C28H36Cl2N2O2S/c1-4-26(28(34)31-24-8-6-5-7-9-24)32(16-22-10-11-23(29)15-25(22)30)27(33)18-35-17-21-13-19(2)12-20(3)14-21/h10-15,24,26H,4-9,16-18H2,1-3H3,(H,31,34). The fraction of sp³-hybridized carbons (Fsp3) is 0.500. The van der Waals surface area contributed by atoms with E-state index in [0.29, 0.717) is 22.2 Å². The number of rotatable bonds is 10. The van der Waals surface area contributed by atoms with E-state index in [1.807, 2.05) is 13.0 Å². The zero-order valence-corrected chi connectivity index (χ0v) is 23.2. The van der Waals surface area contributed by atoms with E-state index >= 15 is 0 Å². The van der Waals surface area contributed by atoms with Crippen molar-refractivity contribution >= 4 is 46.8 Å². The number of carbonyl (C=O) groups excluding carboxylic acids is 2. The molecule has 1 N–H and O–H groups in total. The molecule has 190 valence electrons. The van der Waals surface area contributed by atoms with Crippen LogP contribution in [-0.2, 0) is 21.9 Å². The number of aryl methyl sites for hydroxylation is 2. The van der Waals surface area contributed by atoms with Crippen molar-refractivity contribution in [2.75, 3.05) is 5.75 Å². The van der Waals surface area contributed by atoms with Gasteiger partial charge in [0.15, 0.2) is 0 Å². The summed E-state index contributed by atoms with van der Waals surface area (Å²) >= 11 is 14.1. The number of hydrogen-bond donors (Lipinski definition) is 1. The van der Waals surface area contributed by atoms with Crippen molar-refractivity contribution in [3.05, 3.63) is 68.7 Å². The number of carbonyl (C=O) groups is 2. The van der Waals surface area contributed by atoms with Crippen LogP contribution in [0.1, 0.15) is 67.7 Å². The van der Waals surface area contributed by atoms with Gasteiger partial charge in [0.1, 0.15) is 6.04 Å². The highest BCUT2D eigenvalue weighted by Gasteiger charge is 2.30. The van der Waals surface area contributed by atoms with E-state index in [4.69, 9.17) is 23.2 Å². The Hall–Kier alpha value is -1.69. The number of halogens is 2. The molecule has 0 heterocycles. The summed E-state index contributed by atoms with van der Waals surface area (Å²) in [6.07, 6.45) is 6.05. The summed E-state index contributed by atoms with van der Waals surface area (Å²) in [5.41, 5.74) is 4.43. The number of amides is 2. The second-order valence-electron chi connectivity index (χ2n) is 9.51. The summed E-state index contributed by atoms with van der Waals surface area (Å²) in [5.74, 6) is 0.911. The lowest BCUT2D eigenvalue weighted by Crippen LogP contribution is -2.52. The Bertz CT molecular complexity index is 1000. The average Bonchev–Trinajstić information content (AvgIpc) is 2.80. The van der Waals surface area contributed by atoms with E-state index in [0.717, 1.165) is 37.0 Å². The lowest BCUT2D eigenvalue weighted by molar-refractivity contribution is -0.139. The highest BCUT2D eigenvalue weighted by atomic mass is 35.5. The van der Waals surface area contributed by atoms with Crippen molar-refractivity contribution in [2.45, 2.75) is 83.7 Å². The van der Waals surface area contributed by atoms with Crippen LogP contribution in [-0.4, -0.2) is 34.6 Å². The molecule has 0 radical (unpaired) electrons. The molecule has 1 saturated carbocycles. The molecule has 0 spiro atoms. The van der Waals surface area contributed by atoms with Crippen molar-refractivity contribution in [3.8, 4) is 0 Å². The van der Waals surface area contributed by atoms with Gasteiger partial charge in [-0.15, -0.1) is 11.8 Å². The van der Waals surface area contributed by atoms with E-state index in [9.17, 15) is 9.59 Å². The Morgan fingerprint density at radius 1 is 1.06 bits per heavy atom. The fourth-order valence-corrected chi connectivity index (χ4v) is 6.10. The Balaban J connectivity index is 1.74. The molecule has 1 unspecified atom stereocenters. The number of nitrogens with zero attached hydrogens (tertiary/aromatic N) is 1. The quantitative estimate of drug-likeness (QED) is 0.353. The third-order valence-electron chi connectivity index (χ3n) is 6.47. The maximum atomic E-state index is 13.5. The third kappa shape index (κ3) is 8.44. The van der Waals surface area contributed by atoms with Crippen molar-refractivity contribution in [2.24, 2.45) is 0 Å². The maximum Gasteiger partial charge on any atom is 0.243 e. The molecule has 1 aliphatic rings. The van der Waals surface area contributed by atoms with Gasteiger partial charge in [-0.3, -0.25) is 9.59 Å². The van der Waals surface area contributed by atoms with Gasteiger partial charge in [0.25, 0.3) is 0 Å². The highest BCUT2D eigenvalue weighted by Crippen LogP contribution is 2.25. The second-order valence-corrected chi connectivity index (χ2v) is 11.3. The van der Waals surface area contributed by atoms with Gasteiger partial charge in [0, 0.05) is 28.4 Å². The van der Waals surface area contributed by atoms with Crippen LogP contribution in [0.2, 0.25) is 10.0 Å². The van der Waals surface area contributed by atoms with Crippen LogP contribution >= 0.6 is 35.0 Å². The van der Waals surface area contributed by atoms with E-state index in [1.165, 1.54) is 23.1 Å². The Kier molecular flexibility index (Phi) is 10.8. The van der Waals surface area contributed by atoms with Crippen molar-refractivity contribution in [1.82, 2.24) is 10.2 Å². The first-order valence-corrected chi connectivity index (χ1v) is 14.4. The maximum absolute atomic E-state index is 13.5. The normalized spacial score (nSPS) is 15.0. The van der Waals surface area contributed by atoms with Gasteiger partial charge in [-0.25, -0.2) is 0 Å². The number of nitrogens with one attached hydrogen (secondary N) is 1. The van der Waals surface area contributed by atoms with Crippen LogP contribution in [0, 0.1) is 13.8 Å². The predicted octanol–water partition coefficient (Wildman–Crippen LogP) is 7.10. The van der Waals surface area contributed by atoms with E-state index in [1.54, 1.807) is 28.8 Å². The van der Waals surface area contributed by atoms with Gasteiger partial charge in [0.05, 0.1) is 5.75 Å². The molecule has 2 aromatic carbocycles. The molecule has 4 nitrogen and oxygen atoms in total. The van der Waals surface area contributed by atoms with E-state index in [2.05, 4.69) is 37.4 Å². The smallest absolute Gasteiger partial charge is 0.243 e. The second kappa shape index (κ2) is 13.6. The van der Waals surface area contributed by atoms with Crippen LogP contribution in [0.15, 0.2) is 36.4 Å². The molecule has 2 amide bonds. The Morgan fingerprint density at radius 2 is 1.74 bits per heavy atom. The zero-order valence-electron chi connectivity index (χ0n) is 20.9. The molecule has 0 aliphatic heterocycles. The lowest BCUT2D eigenvalue weighted by Gasteiger charge is -2.33. The third-order valence-corrected chi connectivity index (χ3v) is 8.04. The van der Waals surface area contributed by atoms with Gasteiger partial charge >= 0.3 is 0 Å². The summed E-state index contributed by atoms with van der Waals surface area (Å²) in [6.45, 7) is 6.40. The van der Waals surface area contributed by atoms with Gasteiger partial charge in [-0.2, -0.15) is 0 Å². The SMILES string of the molecule is CCC(C(=O)NC1CCCCC1)N(Cc1ccc(Cl)cc1Cl)C(=O)CSCc1cc(C)cc(C)c1. The zero-order chi connectivity index (χ0) is 25.4. The number of hydrogen-bond acceptors (Lipinski definition) is 3. The van der Waals surface area contributed by atoms with Crippen LogP contribution in [0.3, 0.4) is 0 Å². The number of benzene rings is 2.